The maximum atomic E-state index is 10.8. The van der Waals surface area contributed by atoms with Crippen molar-refractivity contribution >= 4 is 28.6 Å². The Kier molecular flexibility index (Phi) is 4.18. The Bertz CT molecular complexity index is 420. The smallest absolute Gasteiger partial charge is 0.317 e. The van der Waals surface area contributed by atoms with Gasteiger partial charge in [-0.2, -0.15) is 0 Å². The van der Waals surface area contributed by atoms with Gasteiger partial charge in [-0.15, -0.1) is 22.7 Å². The molecule has 0 aromatic carbocycles. The van der Waals surface area contributed by atoms with E-state index < -0.39 is 5.97 Å². The Labute approximate surface area is 106 Å². The molecule has 2 aromatic rings. The zero-order valence-corrected chi connectivity index (χ0v) is 10.6. The molecule has 0 aliphatic carbocycles. The van der Waals surface area contributed by atoms with Gasteiger partial charge >= 0.3 is 5.97 Å². The zero-order valence-electron chi connectivity index (χ0n) is 8.94. The van der Waals surface area contributed by atoms with Crippen molar-refractivity contribution in [3.05, 3.63) is 33.2 Å². The topological polar surface area (TPSA) is 66.3 Å². The van der Waals surface area contributed by atoms with Gasteiger partial charge in [-0.1, -0.05) is 0 Å². The van der Waals surface area contributed by atoms with E-state index >= 15 is 0 Å². The highest BCUT2D eigenvalue weighted by Crippen LogP contribution is 2.13. The van der Waals surface area contributed by atoms with E-state index in [4.69, 9.17) is 5.11 Å². The summed E-state index contributed by atoms with van der Waals surface area (Å²) >= 11 is 3.06. The van der Waals surface area contributed by atoms with Crippen LogP contribution in [0.15, 0.2) is 23.2 Å². The molecular formula is C10H11N3O2S2. The molecule has 17 heavy (non-hydrogen) atoms. The third-order valence-corrected chi connectivity index (χ3v) is 3.57. The molecular weight excluding hydrogens is 258 g/mol. The highest BCUT2D eigenvalue weighted by atomic mass is 32.1. The Morgan fingerprint density at radius 3 is 2.06 bits per heavy atom. The van der Waals surface area contributed by atoms with Gasteiger partial charge in [0, 0.05) is 23.2 Å². The first-order valence-corrected chi connectivity index (χ1v) is 6.71. The summed E-state index contributed by atoms with van der Waals surface area (Å²) in [5.41, 5.74) is 0. The largest absolute Gasteiger partial charge is 0.480 e. The fraction of sp³-hybridized carbons (Fsp3) is 0.300. The fourth-order valence-corrected chi connectivity index (χ4v) is 2.72. The molecule has 0 spiro atoms. The van der Waals surface area contributed by atoms with Crippen LogP contribution in [0.2, 0.25) is 0 Å². The van der Waals surface area contributed by atoms with Gasteiger partial charge in [0.1, 0.15) is 10.0 Å². The summed E-state index contributed by atoms with van der Waals surface area (Å²) in [6.45, 7) is 1.09. The third kappa shape index (κ3) is 3.88. The fourth-order valence-electron chi connectivity index (χ4n) is 1.40. The number of hydrogen-bond acceptors (Lipinski definition) is 6. The minimum absolute atomic E-state index is 0.000833. The van der Waals surface area contributed by atoms with E-state index in [2.05, 4.69) is 9.97 Å². The van der Waals surface area contributed by atoms with Crippen molar-refractivity contribution in [2.75, 3.05) is 6.54 Å². The predicted octanol–water partition coefficient (Wildman–Crippen LogP) is 1.69. The molecule has 2 rings (SSSR count). The van der Waals surface area contributed by atoms with Gasteiger partial charge in [0.15, 0.2) is 0 Å². The maximum absolute atomic E-state index is 10.8. The number of carboxylic acids is 1. The van der Waals surface area contributed by atoms with Crippen LogP contribution < -0.4 is 0 Å². The Morgan fingerprint density at radius 2 is 1.71 bits per heavy atom. The van der Waals surface area contributed by atoms with Gasteiger partial charge in [0.2, 0.25) is 0 Å². The highest BCUT2D eigenvalue weighted by Gasteiger charge is 2.13. The molecule has 2 heterocycles. The molecule has 0 aliphatic rings. The van der Waals surface area contributed by atoms with Crippen molar-refractivity contribution in [1.82, 2.24) is 14.9 Å². The van der Waals surface area contributed by atoms with Crippen LogP contribution in [-0.2, 0) is 17.9 Å². The monoisotopic (exact) mass is 269 g/mol. The summed E-state index contributed by atoms with van der Waals surface area (Å²) in [7, 11) is 0. The van der Waals surface area contributed by atoms with Gasteiger partial charge in [-0.25, -0.2) is 9.97 Å². The molecule has 0 fully saturated rings. The van der Waals surface area contributed by atoms with Gasteiger partial charge in [0.05, 0.1) is 19.6 Å². The van der Waals surface area contributed by atoms with Crippen molar-refractivity contribution in [3.8, 4) is 0 Å². The van der Waals surface area contributed by atoms with E-state index in [0.717, 1.165) is 10.0 Å². The zero-order chi connectivity index (χ0) is 12.1. The predicted molar refractivity (Wildman–Crippen MR) is 66.0 cm³/mol. The molecule has 0 aliphatic heterocycles. The third-order valence-electron chi connectivity index (χ3n) is 2.04. The Morgan fingerprint density at radius 1 is 1.18 bits per heavy atom. The number of hydrogen-bond donors (Lipinski definition) is 1. The van der Waals surface area contributed by atoms with Gasteiger partial charge in [-0.05, 0) is 0 Å². The van der Waals surface area contributed by atoms with E-state index in [1.807, 2.05) is 15.7 Å². The SMILES string of the molecule is O=C(O)CN(Cc1nccs1)Cc1nccs1. The summed E-state index contributed by atoms with van der Waals surface area (Å²) in [5, 5.41) is 14.5. The first-order chi connectivity index (χ1) is 8.24. The molecule has 0 atom stereocenters. The molecule has 0 unspecified atom stereocenters. The standard InChI is InChI=1S/C10H11N3O2S2/c14-10(15)7-13(5-8-11-1-3-16-8)6-9-12-2-4-17-9/h1-4H,5-7H2,(H,14,15). The number of carbonyl (C=O) groups is 1. The van der Waals surface area contributed by atoms with E-state index in [-0.39, 0.29) is 6.54 Å². The van der Waals surface area contributed by atoms with Gasteiger partial charge in [-0.3, -0.25) is 9.69 Å². The number of carboxylic acid groups (broad SMARTS) is 1. The lowest BCUT2D eigenvalue weighted by molar-refractivity contribution is -0.138. The van der Waals surface area contributed by atoms with Crippen LogP contribution in [0.25, 0.3) is 0 Å². The molecule has 5 nitrogen and oxygen atoms in total. The quantitative estimate of drug-likeness (QED) is 0.864. The second kappa shape index (κ2) is 5.85. The summed E-state index contributed by atoms with van der Waals surface area (Å²) in [6.07, 6.45) is 3.45. The van der Waals surface area contributed by atoms with Crippen molar-refractivity contribution in [2.45, 2.75) is 13.1 Å². The van der Waals surface area contributed by atoms with Crippen molar-refractivity contribution in [3.63, 3.8) is 0 Å². The van der Waals surface area contributed by atoms with Crippen LogP contribution >= 0.6 is 22.7 Å². The number of nitrogens with zero attached hydrogens (tertiary/aromatic N) is 3. The van der Waals surface area contributed by atoms with Crippen LogP contribution in [0.1, 0.15) is 10.0 Å². The second-order valence-electron chi connectivity index (χ2n) is 3.39. The molecule has 0 saturated heterocycles. The normalized spacial score (nSPS) is 10.9. The lowest BCUT2D eigenvalue weighted by atomic mass is 10.4. The summed E-state index contributed by atoms with van der Waals surface area (Å²) in [4.78, 5) is 20.9. The van der Waals surface area contributed by atoms with Crippen molar-refractivity contribution < 1.29 is 9.90 Å². The summed E-state index contributed by atoms with van der Waals surface area (Å²) < 4.78 is 0. The molecule has 90 valence electrons. The van der Waals surface area contributed by atoms with Crippen LogP contribution in [-0.4, -0.2) is 32.5 Å². The molecule has 0 amide bonds. The average Bonchev–Trinajstić information content (AvgIpc) is 2.89. The van der Waals surface area contributed by atoms with Crippen LogP contribution in [0, 0.1) is 0 Å². The van der Waals surface area contributed by atoms with Crippen LogP contribution in [0.5, 0.6) is 0 Å². The molecule has 7 heteroatoms. The molecule has 0 radical (unpaired) electrons. The van der Waals surface area contributed by atoms with E-state index in [1.54, 1.807) is 12.4 Å². The molecule has 2 aromatic heterocycles. The lowest BCUT2D eigenvalue weighted by Gasteiger charge is -2.17. The van der Waals surface area contributed by atoms with Gasteiger partial charge in [0.25, 0.3) is 0 Å². The van der Waals surface area contributed by atoms with E-state index in [9.17, 15) is 4.79 Å². The number of thiazole rings is 2. The number of aromatic nitrogens is 2. The van der Waals surface area contributed by atoms with E-state index in [0.29, 0.717) is 13.1 Å². The minimum atomic E-state index is -0.835. The van der Waals surface area contributed by atoms with E-state index in [1.165, 1.54) is 22.7 Å². The maximum Gasteiger partial charge on any atom is 0.317 e. The molecule has 0 saturated carbocycles. The first-order valence-electron chi connectivity index (χ1n) is 4.95. The second-order valence-corrected chi connectivity index (χ2v) is 5.35. The summed E-state index contributed by atoms with van der Waals surface area (Å²) in [5.74, 6) is -0.835. The summed E-state index contributed by atoms with van der Waals surface area (Å²) in [6, 6.07) is 0. The average molecular weight is 269 g/mol. The minimum Gasteiger partial charge on any atom is -0.480 e. The highest BCUT2D eigenvalue weighted by molar-refractivity contribution is 7.09. The van der Waals surface area contributed by atoms with Gasteiger partial charge < -0.3 is 5.11 Å². The number of aliphatic carboxylic acids is 1. The van der Waals surface area contributed by atoms with Crippen LogP contribution in [0.4, 0.5) is 0 Å². The van der Waals surface area contributed by atoms with Crippen molar-refractivity contribution in [1.29, 1.82) is 0 Å². The molecule has 1 N–H and O–H groups in total. The first kappa shape index (κ1) is 12.2. The van der Waals surface area contributed by atoms with Crippen molar-refractivity contribution in [2.24, 2.45) is 0 Å². The lowest BCUT2D eigenvalue weighted by Crippen LogP contribution is -2.28. The molecule has 0 bridgehead atoms. The Balaban J connectivity index is 2.00. The Hall–Kier alpha value is -1.31. The number of rotatable bonds is 6. The van der Waals surface area contributed by atoms with Crippen LogP contribution in [0.3, 0.4) is 0 Å².